The standard InChI is InChI=1S/C15H14F2O2/c1-10-12(16)5-3-7-14(10)18-9-19-15-8-4-6-13(17)11(15)2/h3-8H,9H2,1-2H3. The molecule has 0 aliphatic carbocycles. The summed E-state index contributed by atoms with van der Waals surface area (Å²) in [5.74, 6) is 0.155. The third-order valence-electron chi connectivity index (χ3n) is 2.86. The van der Waals surface area contributed by atoms with Crippen molar-refractivity contribution >= 4 is 0 Å². The van der Waals surface area contributed by atoms with Gasteiger partial charge in [0.15, 0.2) is 0 Å². The van der Waals surface area contributed by atoms with E-state index in [0.29, 0.717) is 22.6 Å². The van der Waals surface area contributed by atoms with Crippen molar-refractivity contribution < 1.29 is 18.3 Å². The Kier molecular flexibility index (Phi) is 4.00. The van der Waals surface area contributed by atoms with Crippen molar-refractivity contribution in [1.29, 1.82) is 0 Å². The van der Waals surface area contributed by atoms with Crippen LogP contribution in [0.2, 0.25) is 0 Å². The van der Waals surface area contributed by atoms with Gasteiger partial charge >= 0.3 is 0 Å². The van der Waals surface area contributed by atoms with Crippen LogP contribution in [-0.2, 0) is 0 Å². The van der Waals surface area contributed by atoms with Crippen LogP contribution in [0.4, 0.5) is 8.78 Å². The number of hydrogen-bond donors (Lipinski definition) is 0. The molecule has 0 aliphatic rings. The van der Waals surface area contributed by atoms with Crippen LogP contribution in [0.25, 0.3) is 0 Å². The van der Waals surface area contributed by atoms with E-state index in [4.69, 9.17) is 9.47 Å². The first kappa shape index (κ1) is 13.3. The fourth-order valence-electron chi connectivity index (χ4n) is 1.64. The molecule has 0 N–H and O–H groups in total. The summed E-state index contributed by atoms with van der Waals surface area (Å²) >= 11 is 0. The molecule has 0 saturated heterocycles. The van der Waals surface area contributed by atoms with E-state index in [2.05, 4.69) is 0 Å². The van der Waals surface area contributed by atoms with Crippen molar-refractivity contribution in [3.63, 3.8) is 0 Å². The van der Waals surface area contributed by atoms with Gasteiger partial charge in [0.1, 0.15) is 23.1 Å². The highest BCUT2D eigenvalue weighted by atomic mass is 19.1. The van der Waals surface area contributed by atoms with Gasteiger partial charge in [-0.2, -0.15) is 0 Å². The third kappa shape index (κ3) is 3.02. The summed E-state index contributed by atoms with van der Waals surface area (Å²) in [4.78, 5) is 0. The van der Waals surface area contributed by atoms with Crippen LogP contribution in [0.5, 0.6) is 11.5 Å². The molecule has 4 heteroatoms. The number of benzene rings is 2. The van der Waals surface area contributed by atoms with Crippen LogP contribution in [-0.4, -0.2) is 6.79 Å². The van der Waals surface area contributed by atoms with Gasteiger partial charge in [-0.1, -0.05) is 12.1 Å². The zero-order valence-corrected chi connectivity index (χ0v) is 10.7. The highest BCUT2D eigenvalue weighted by Gasteiger charge is 2.06. The smallest absolute Gasteiger partial charge is 0.230 e. The Morgan fingerprint density at radius 3 is 1.63 bits per heavy atom. The van der Waals surface area contributed by atoms with Crippen molar-refractivity contribution in [2.24, 2.45) is 0 Å². The molecule has 100 valence electrons. The van der Waals surface area contributed by atoms with Crippen molar-refractivity contribution in [1.82, 2.24) is 0 Å². The molecule has 0 spiro atoms. The zero-order valence-electron chi connectivity index (χ0n) is 10.7. The van der Waals surface area contributed by atoms with Gasteiger partial charge in [0.2, 0.25) is 6.79 Å². The van der Waals surface area contributed by atoms with Gasteiger partial charge in [0, 0.05) is 11.1 Å². The molecule has 2 rings (SSSR count). The normalized spacial score (nSPS) is 10.3. The van der Waals surface area contributed by atoms with Crippen LogP contribution in [0.15, 0.2) is 36.4 Å². The predicted molar refractivity (Wildman–Crippen MR) is 68.4 cm³/mol. The van der Waals surface area contributed by atoms with E-state index >= 15 is 0 Å². The molecule has 0 unspecified atom stereocenters. The summed E-state index contributed by atoms with van der Waals surface area (Å²) in [7, 11) is 0. The minimum atomic E-state index is -0.334. The Morgan fingerprint density at radius 2 is 1.21 bits per heavy atom. The largest absolute Gasteiger partial charge is 0.457 e. The van der Waals surface area contributed by atoms with E-state index < -0.39 is 0 Å². The lowest BCUT2D eigenvalue weighted by molar-refractivity contribution is 0.117. The van der Waals surface area contributed by atoms with Gasteiger partial charge in [0.05, 0.1) is 0 Å². The maximum absolute atomic E-state index is 13.3. The molecule has 0 radical (unpaired) electrons. The van der Waals surface area contributed by atoms with Crippen molar-refractivity contribution in [2.45, 2.75) is 13.8 Å². The van der Waals surface area contributed by atoms with Gasteiger partial charge in [-0.05, 0) is 38.1 Å². The van der Waals surface area contributed by atoms with Crippen LogP contribution in [0.1, 0.15) is 11.1 Å². The molecule has 0 bridgehead atoms. The second kappa shape index (κ2) is 5.69. The molecule has 0 atom stereocenters. The van der Waals surface area contributed by atoms with E-state index in [1.54, 1.807) is 38.1 Å². The van der Waals surface area contributed by atoms with Crippen molar-refractivity contribution in [3.8, 4) is 11.5 Å². The fraction of sp³-hybridized carbons (Fsp3) is 0.200. The van der Waals surface area contributed by atoms with Crippen LogP contribution < -0.4 is 9.47 Å². The summed E-state index contributed by atoms with van der Waals surface area (Å²) in [5, 5.41) is 0. The van der Waals surface area contributed by atoms with Crippen LogP contribution in [0, 0.1) is 25.5 Å². The molecule has 19 heavy (non-hydrogen) atoms. The van der Waals surface area contributed by atoms with Crippen LogP contribution >= 0.6 is 0 Å². The van der Waals surface area contributed by atoms with E-state index in [1.165, 1.54) is 12.1 Å². The average molecular weight is 264 g/mol. The number of rotatable bonds is 4. The van der Waals surface area contributed by atoms with Gasteiger partial charge in [-0.15, -0.1) is 0 Å². The van der Waals surface area contributed by atoms with Crippen LogP contribution in [0.3, 0.4) is 0 Å². The predicted octanol–water partition coefficient (Wildman–Crippen LogP) is 4.00. The average Bonchev–Trinajstić information content (AvgIpc) is 2.39. The minimum Gasteiger partial charge on any atom is -0.457 e. The van der Waals surface area contributed by atoms with Gasteiger partial charge in [0.25, 0.3) is 0 Å². The lowest BCUT2D eigenvalue weighted by Gasteiger charge is -2.12. The van der Waals surface area contributed by atoms with Gasteiger partial charge in [-0.25, -0.2) is 8.78 Å². The second-order valence-electron chi connectivity index (χ2n) is 4.13. The highest BCUT2D eigenvalue weighted by Crippen LogP contribution is 2.22. The molecular formula is C15H14F2O2. The minimum absolute atomic E-state index is 0.103. The summed E-state index contributed by atoms with van der Waals surface area (Å²) < 4.78 is 37.2. The lowest BCUT2D eigenvalue weighted by Crippen LogP contribution is -2.08. The number of ether oxygens (including phenoxy) is 2. The number of halogens is 2. The van der Waals surface area contributed by atoms with Gasteiger partial charge < -0.3 is 9.47 Å². The zero-order chi connectivity index (χ0) is 13.8. The van der Waals surface area contributed by atoms with Crippen molar-refractivity contribution in [2.75, 3.05) is 6.79 Å². The molecule has 2 nitrogen and oxygen atoms in total. The fourth-order valence-corrected chi connectivity index (χ4v) is 1.64. The molecule has 0 aliphatic heterocycles. The molecule has 0 amide bonds. The van der Waals surface area contributed by atoms with E-state index in [1.807, 2.05) is 0 Å². The Balaban J connectivity index is 2.00. The Hall–Kier alpha value is -2.10. The molecule has 2 aromatic rings. The first-order chi connectivity index (χ1) is 9.09. The summed E-state index contributed by atoms with van der Waals surface area (Å²) in [6.45, 7) is 3.14. The molecule has 0 saturated carbocycles. The van der Waals surface area contributed by atoms with Gasteiger partial charge in [-0.3, -0.25) is 0 Å². The van der Waals surface area contributed by atoms with E-state index in [9.17, 15) is 8.78 Å². The summed E-state index contributed by atoms with van der Waals surface area (Å²) in [6.07, 6.45) is 0. The summed E-state index contributed by atoms with van der Waals surface area (Å²) in [5.41, 5.74) is 0.837. The summed E-state index contributed by atoms with van der Waals surface area (Å²) in [6, 6.07) is 9.15. The highest BCUT2D eigenvalue weighted by molar-refractivity contribution is 5.34. The Bertz CT molecular complexity index is 531. The lowest BCUT2D eigenvalue weighted by atomic mass is 10.2. The first-order valence-corrected chi connectivity index (χ1v) is 5.85. The topological polar surface area (TPSA) is 18.5 Å². The third-order valence-corrected chi connectivity index (χ3v) is 2.86. The maximum Gasteiger partial charge on any atom is 0.230 e. The monoisotopic (exact) mass is 264 g/mol. The Labute approximate surface area is 110 Å². The Morgan fingerprint density at radius 1 is 0.789 bits per heavy atom. The second-order valence-corrected chi connectivity index (χ2v) is 4.13. The van der Waals surface area contributed by atoms with E-state index in [0.717, 1.165) is 0 Å². The molecule has 0 aromatic heterocycles. The molecule has 0 fully saturated rings. The maximum atomic E-state index is 13.3. The molecular weight excluding hydrogens is 250 g/mol. The van der Waals surface area contributed by atoms with E-state index in [-0.39, 0.29) is 18.4 Å². The molecule has 0 heterocycles. The quantitative estimate of drug-likeness (QED) is 0.777. The number of hydrogen-bond acceptors (Lipinski definition) is 2. The first-order valence-electron chi connectivity index (χ1n) is 5.85. The van der Waals surface area contributed by atoms with Crippen molar-refractivity contribution in [3.05, 3.63) is 59.2 Å². The molecule has 2 aromatic carbocycles. The SMILES string of the molecule is Cc1c(F)cccc1OCOc1cccc(F)c1C.